The number of hydrogen-bond acceptors (Lipinski definition) is 6. The lowest BCUT2D eigenvalue weighted by atomic mass is 9.89. The molecule has 5 atom stereocenters. The van der Waals surface area contributed by atoms with E-state index >= 15 is 0 Å². The molecule has 3 aromatic rings. The number of nitrogens with two attached hydrogens (primary N) is 1. The van der Waals surface area contributed by atoms with Gasteiger partial charge >= 0.3 is 0 Å². The second-order valence-electron chi connectivity index (χ2n) is 10.3. The van der Waals surface area contributed by atoms with Gasteiger partial charge in [-0.05, 0) is 59.3 Å². The molecule has 4 N–H and O–H groups in total. The van der Waals surface area contributed by atoms with Crippen LogP contribution in [0.25, 0.3) is 11.1 Å². The van der Waals surface area contributed by atoms with E-state index in [1.54, 1.807) is 0 Å². The molecule has 2 fully saturated rings. The molecule has 0 unspecified atom stereocenters. The van der Waals surface area contributed by atoms with Crippen LogP contribution in [0.3, 0.4) is 0 Å². The second kappa shape index (κ2) is 11.9. The van der Waals surface area contributed by atoms with Crippen molar-refractivity contribution in [1.29, 1.82) is 0 Å². The minimum Gasteiger partial charge on any atom is -0.395 e. The number of ether oxygens (including phenoxy) is 2. The number of rotatable bonds is 8. The highest BCUT2D eigenvalue weighted by Gasteiger charge is 2.40. The molecule has 37 heavy (non-hydrogen) atoms. The molecule has 5 rings (SSSR count). The van der Waals surface area contributed by atoms with Gasteiger partial charge in [0.15, 0.2) is 6.29 Å². The molecule has 0 spiro atoms. The number of aliphatic hydroxyl groups is 2. The van der Waals surface area contributed by atoms with Crippen molar-refractivity contribution in [3.8, 4) is 11.1 Å². The summed E-state index contributed by atoms with van der Waals surface area (Å²) < 4.78 is 13.3. The van der Waals surface area contributed by atoms with E-state index in [-0.39, 0.29) is 37.4 Å². The summed E-state index contributed by atoms with van der Waals surface area (Å²) in [4.78, 5) is 2.37. The van der Waals surface area contributed by atoms with Crippen molar-refractivity contribution in [2.45, 2.75) is 57.5 Å². The van der Waals surface area contributed by atoms with E-state index in [2.05, 4.69) is 42.2 Å². The summed E-state index contributed by atoms with van der Waals surface area (Å²) in [6.45, 7) is 4.62. The van der Waals surface area contributed by atoms with Crippen molar-refractivity contribution in [3.05, 3.63) is 95.1 Å². The lowest BCUT2D eigenvalue weighted by Crippen LogP contribution is -2.46. The Hall–Kier alpha value is -2.58. The Labute approximate surface area is 219 Å². The highest BCUT2D eigenvalue weighted by molar-refractivity contribution is 5.65. The highest BCUT2D eigenvalue weighted by atomic mass is 16.7. The van der Waals surface area contributed by atoms with Crippen LogP contribution in [0.5, 0.6) is 0 Å². The monoisotopic (exact) mass is 502 g/mol. The summed E-state index contributed by atoms with van der Waals surface area (Å²) in [6, 6.07) is 24.9. The molecule has 0 bridgehead atoms. The fraction of sp³-hybridized carbons (Fsp3) is 0.419. The molecule has 6 heteroatoms. The summed E-state index contributed by atoms with van der Waals surface area (Å²) >= 11 is 0. The first-order chi connectivity index (χ1) is 18.1. The second-order valence-corrected chi connectivity index (χ2v) is 10.3. The molecular weight excluding hydrogens is 464 g/mol. The van der Waals surface area contributed by atoms with Gasteiger partial charge in [-0.15, -0.1) is 0 Å². The van der Waals surface area contributed by atoms with E-state index in [9.17, 15) is 10.2 Å². The van der Waals surface area contributed by atoms with E-state index in [1.165, 1.54) is 0 Å². The van der Waals surface area contributed by atoms with Crippen molar-refractivity contribution in [2.75, 3.05) is 19.7 Å². The molecule has 0 radical (unpaired) electrons. The summed E-state index contributed by atoms with van der Waals surface area (Å²) in [5.41, 5.74) is 12.1. The molecule has 2 aliphatic rings. The van der Waals surface area contributed by atoms with Crippen LogP contribution in [-0.2, 0) is 22.6 Å². The summed E-state index contributed by atoms with van der Waals surface area (Å²) in [6.07, 6.45) is 1.39. The van der Waals surface area contributed by atoms with Gasteiger partial charge in [-0.1, -0.05) is 67.6 Å². The number of benzene rings is 3. The Morgan fingerprint density at radius 1 is 0.892 bits per heavy atom. The van der Waals surface area contributed by atoms with Crippen LogP contribution >= 0.6 is 0 Å². The number of aliphatic hydroxyl groups excluding tert-OH is 2. The average Bonchev–Trinajstić information content (AvgIpc) is 3.41. The van der Waals surface area contributed by atoms with E-state index in [0.717, 1.165) is 59.3 Å². The van der Waals surface area contributed by atoms with E-state index < -0.39 is 6.29 Å². The third kappa shape index (κ3) is 5.80. The van der Waals surface area contributed by atoms with Gasteiger partial charge in [0.2, 0.25) is 0 Å². The quantitative estimate of drug-likeness (QED) is 0.419. The van der Waals surface area contributed by atoms with Gasteiger partial charge in [-0.3, -0.25) is 4.90 Å². The Bertz CT molecular complexity index is 1170. The van der Waals surface area contributed by atoms with Gasteiger partial charge in [-0.2, -0.15) is 0 Å². The molecule has 0 saturated carbocycles. The highest BCUT2D eigenvalue weighted by Crippen LogP contribution is 2.42. The third-order valence-corrected chi connectivity index (χ3v) is 7.90. The van der Waals surface area contributed by atoms with Crippen LogP contribution in [-0.4, -0.2) is 47.0 Å². The van der Waals surface area contributed by atoms with Crippen LogP contribution in [0.2, 0.25) is 0 Å². The molecule has 0 amide bonds. The Morgan fingerprint density at radius 2 is 1.65 bits per heavy atom. The Kier molecular flexibility index (Phi) is 8.35. The third-order valence-electron chi connectivity index (χ3n) is 7.90. The largest absolute Gasteiger partial charge is 0.395 e. The van der Waals surface area contributed by atoms with Crippen LogP contribution in [0.4, 0.5) is 0 Å². The van der Waals surface area contributed by atoms with Crippen LogP contribution in [0.15, 0.2) is 72.8 Å². The lowest BCUT2D eigenvalue weighted by Gasteiger charge is -2.43. The number of likely N-dealkylation sites (tertiary alicyclic amines) is 1. The van der Waals surface area contributed by atoms with E-state index in [0.29, 0.717) is 6.54 Å². The fourth-order valence-corrected chi connectivity index (χ4v) is 5.64. The van der Waals surface area contributed by atoms with Gasteiger partial charge in [0, 0.05) is 30.6 Å². The van der Waals surface area contributed by atoms with Gasteiger partial charge in [0.1, 0.15) is 0 Å². The van der Waals surface area contributed by atoms with Crippen LogP contribution in [0.1, 0.15) is 54.4 Å². The van der Waals surface area contributed by atoms with Crippen LogP contribution in [0, 0.1) is 5.92 Å². The lowest BCUT2D eigenvalue weighted by molar-refractivity contribution is -0.276. The molecule has 6 nitrogen and oxygen atoms in total. The summed E-state index contributed by atoms with van der Waals surface area (Å²) in [5, 5.41) is 19.4. The molecule has 2 saturated heterocycles. The van der Waals surface area contributed by atoms with Crippen LogP contribution < -0.4 is 5.73 Å². The predicted octanol–water partition coefficient (Wildman–Crippen LogP) is 4.55. The SMILES string of the molecule is C[C@H]1[C@@H](CN2CCC[C@H]2CO)O[C@@H](c2cccc(-c3cccc(CN)c3)c2)O[C@H]1c1ccc(CO)cc1. The zero-order valence-corrected chi connectivity index (χ0v) is 21.5. The topological polar surface area (TPSA) is 88.2 Å². The average molecular weight is 503 g/mol. The molecular formula is C31H38N2O4. The molecule has 196 valence electrons. The smallest absolute Gasteiger partial charge is 0.184 e. The zero-order valence-electron chi connectivity index (χ0n) is 21.5. The maximum atomic E-state index is 9.88. The maximum Gasteiger partial charge on any atom is 0.184 e. The summed E-state index contributed by atoms with van der Waals surface area (Å²) in [7, 11) is 0. The normalized spacial score (nSPS) is 26.4. The van der Waals surface area contributed by atoms with E-state index in [4.69, 9.17) is 15.2 Å². The van der Waals surface area contributed by atoms with E-state index in [1.807, 2.05) is 42.5 Å². The Balaban J connectivity index is 1.45. The van der Waals surface area contributed by atoms with Gasteiger partial charge in [-0.25, -0.2) is 0 Å². The maximum absolute atomic E-state index is 9.88. The minimum atomic E-state index is -0.517. The molecule has 2 aliphatic heterocycles. The van der Waals surface area contributed by atoms with Crippen molar-refractivity contribution in [3.63, 3.8) is 0 Å². The van der Waals surface area contributed by atoms with Gasteiger partial charge in [0.05, 0.1) is 25.4 Å². The van der Waals surface area contributed by atoms with Crippen molar-refractivity contribution in [2.24, 2.45) is 11.7 Å². The first-order valence-corrected chi connectivity index (χ1v) is 13.3. The number of hydrogen-bond donors (Lipinski definition) is 3. The molecule has 3 aromatic carbocycles. The zero-order chi connectivity index (χ0) is 25.8. The van der Waals surface area contributed by atoms with Gasteiger partial charge in [0.25, 0.3) is 0 Å². The van der Waals surface area contributed by atoms with Gasteiger partial charge < -0.3 is 25.4 Å². The van der Waals surface area contributed by atoms with Crippen molar-refractivity contribution in [1.82, 2.24) is 4.90 Å². The first kappa shape index (κ1) is 26.0. The fourth-order valence-electron chi connectivity index (χ4n) is 5.64. The Morgan fingerprint density at radius 3 is 2.38 bits per heavy atom. The van der Waals surface area contributed by atoms with Crippen molar-refractivity contribution < 1.29 is 19.7 Å². The molecule has 0 aliphatic carbocycles. The molecule has 0 aromatic heterocycles. The predicted molar refractivity (Wildman–Crippen MR) is 144 cm³/mol. The standard InChI is InChI=1S/C31H38N2O4/c1-21-29(18-33-14-4-9-28(33)20-35)36-31(37-30(21)24-12-10-22(19-34)11-13-24)27-8-3-7-26(16-27)25-6-2-5-23(15-25)17-32/h2-3,5-8,10-13,15-16,21,28-31,34-35H,4,9,14,17-20,32H2,1H3/t21-,28-,29+,30+,31+/m0/s1. The molecule has 2 heterocycles. The van der Waals surface area contributed by atoms with Crippen molar-refractivity contribution >= 4 is 0 Å². The first-order valence-electron chi connectivity index (χ1n) is 13.3. The summed E-state index contributed by atoms with van der Waals surface area (Å²) in [5.74, 6) is 0.112. The number of nitrogens with zero attached hydrogens (tertiary/aromatic N) is 1. The minimum absolute atomic E-state index is 0.0192.